The first-order valence-electron chi connectivity index (χ1n) is 8.16. The van der Waals surface area contributed by atoms with Gasteiger partial charge in [0.05, 0.1) is 12.7 Å². The van der Waals surface area contributed by atoms with Crippen molar-refractivity contribution in [3.05, 3.63) is 29.8 Å². The SMILES string of the molecule is CCC1CCC(O)(CNC(C)c2ccc(OC)cc2)CC1. The molecule has 3 heteroatoms. The van der Waals surface area contributed by atoms with Crippen LogP contribution in [0.4, 0.5) is 0 Å². The molecule has 1 atom stereocenters. The molecular weight excluding hydrogens is 262 g/mol. The fourth-order valence-corrected chi connectivity index (χ4v) is 3.15. The van der Waals surface area contributed by atoms with Crippen molar-refractivity contribution >= 4 is 0 Å². The molecule has 0 aliphatic heterocycles. The van der Waals surface area contributed by atoms with Crippen LogP contribution in [0, 0.1) is 5.92 Å². The Bertz CT molecular complexity index is 421. The van der Waals surface area contributed by atoms with Crippen molar-refractivity contribution in [1.82, 2.24) is 5.32 Å². The van der Waals surface area contributed by atoms with Crippen LogP contribution in [0.2, 0.25) is 0 Å². The highest BCUT2D eigenvalue weighted by molar-refractivity contribution is 5.28. The lowest BCUT2D eigenvalue weighted by Crippen LogP contribution is -2.44. The highest BCUT2D eigenvalue weighted by Gasteiger charge is 2.32. The van der Waals surface area contributed by atoms with E-state index in [9.17, 15) is 5.11 Å². The van der Waals surface area contributed by atoms with Gasteiger partial charge in [-0.1, -0.05) is 25.5 Å². The van der Waals surface area contributed by atoms with Crippen molar-refractivity contribution in [2.75, 3.05) is 13.7 Å². The summed E-state index contributed by atoms with van der Waals surface area (Å²) < 4.78 is 5.18. The number of ether oxygens (including phenoxy) is 1. The summed E-state index contributed by atoms with van der Waals surface area (Å²) in [6.07, 6.45) is 5.41. The minimum Gasteiger partial charge on any atom is -0.497 e. The molecule has 1 saturated carbocycles. The Balaban J connectivity index is 1.84. The molecule has 1 unspecified atom stereocenters. The zero-order valence-electron chi connectivity index (χ0n) is 13.6. The molecule has 0 aromatic heterocycles. The van der Waals surface area contributed by atoms with Crippen LogP contribution in [0.5, 0.6) is 5.75 Å². The van der Waals surface area contributed by atoms with Crippen molar-refractivity contribution in [1.29, 1.82) is 0 Å². The van der Waals surface area contributed by atoms with Gasteiger partial charge in [-0.3, -0.25) is 0 Å². The van der Waals surface area contributed by atoms with Crippen molar-refractivity contribution in [3.8, 4) is 5.75 Å². The highest BCUT2D eigenvalue weighted by Crippen LogP contribution is 2.33. The quantitative estimate of drug-likeness (QED) is 0.840. The molecule has 0 amide bonds. The lowest BCUT2D eigenvalue weighted by Gasteiger charge is -2.36. The first-order chi connectivity index (χ1) is 10.1. The van der Waals surface area contributed by atoms with E-state index in [1.165, 1.54) is 12.0 Å². The standard InChI is InChI=1S/C18H29NO2/c1-4-15-9-11-18(20,12-10-15)13-19-14(2)16-5-7-17(21-3)8-6-16/h5-8,14-15,19-20H,4,9-13H2,1-3H3. The van der Waals surface area contributed by atoms with E-state index in [-0.39, 0.29) is 6.04 Å². The average Bonchev–Trinajstić information content (AvgIpc) is 2.53. The molecule has 1 aliphatic rings. The Hall–Kier alpha value is -1.06. The lowest BCUT2D eigenvalue weighted by molar-refractivity contribution is -0.0103. The van der Waals surface area contributed by atoms with Crippen molar-refractivity contribution in [2.45, 2.75) is 57.6 Å². The minimum atomic E-state index is -0.521. The van der Waals surface area contributed by atoms with E-state index < -0.39 is 5.60 Å². The predicted octanol–water partition coefficient (Wildman–Crippen LogP) is 3.68. The molecule has 0 spiro atoms. The monoisotopic (exact) mass is 291 g/mol. The van der Waals surface area contributed by atoms with Gasteiger partial charge in [0.15, 0.2) is 0 Å². The summed E-state index contributed by atoms with van der Waals surface area (Å²) >= 11 is 0. The molecule has 0 radical (unpaired) electrons. The fraction of sp³-hybridized carbons (Fsp3) is 0.667. The first kappa shape index (κ1) is 16.3. The summed E-state index contributed by atoms with van der Waals surface area (Å²) in [5.41, 5.74) is 0.702. The second-order valence-electron chi connectivity index (χ2n) is 6.45. The number of hydrogen-bond donors (Lipinski definition) is 2. The number of nitrogens with one attached hydrogen (secondary N) is 1. The van der Waals surface area contributed by atoms with Crippen LogP contribution >= 0.6 is 0 Å². The summed E-state index contributed by atoms with van der Waals surface area (Å²) in [6, 6.07) is 8.36. The van der Waals surface area contributed by atoms with E-state index in [1.54, 1.807) is 7.11 Å². The van der Waals surface area contributed by atoms with Gasteiger partial charge >= 0.3 is 0 Å². The minimum absolute atomic E-state index is 0.240. The molecule has 1 aromatic carbocycles. The van der Waals surface area contributed by atoms with Crippen molar-refractivity contribution in [3.63, 3.8) is 0 Å². The third-order valence-electron chi connectivity index (χ3n) is 4.97. The zero-order chi connectivity index (χ0) is 15.3. The predicted molar refractivity (Wildman–Crippen MR) is 86.6 cm³/mol. The smallest absolute Gasteiger partial charge is 0.118 e. The summed E-state index contributed by atoms with van der Waals surface area (Å²) in [5.74, 6) is 1.69. The maximum absolute atomic E-state index is 10.7. The molecule has 1 aliphatic carbocycles. The molecule has 3 nitrogen and oxygen atoms in total. The van der Waals surface area contributed by atoms with Gasteiger partial charge in [0, 0.05) is 12.6 Å². The summed E-state index contributed by atoms with van der Waals surface area (Å²) in [6.45, 7) is 5.07. The van der Waals surface area contributed by atoms with Gasteiger partial charge in [-0.15, -0.1) is 0 Å². The molecule has 21 heavy (non-hydrogen) atoms. The van der Waals surface area contributed by atoms with Crippen molar-refractivity contribution < 1.29 is 9.84 Å². The molecule has 0 saturated heterocycles. The van der Waals surface area contributed by atoms with E-state index in [4.69, 9.17) is 4.74 Å². The van der Waals surface area contributed by atoms with Gasteiger partial charge < -0.3 is 15.2 Å². The molecule has 1 aromatic rings. The topological polar surface area (TPSA) is 41.5 Å². The van der Waals surface area contributed by atoms with E-state index in [0.717, 1.165) is 37.4 Å². The number of aliphatic hydroxyl groups is 1. The maximum Gasteiger partial charge on any atom is 0.118 e. The van der Waals surface area contributed by atoms with Crippen LogP contribution in [0.3, 0.4) is 0 Å². The van der Waals surface area contributed by atoms with Crippen LogP contribution in [0.15, 0.2) is 24.3 Å². The number of hydrogen-bond acceptors (Lipinski definition) is 3. The van der Waals surface area contributed by atoms with Crippen LogP contribution in [-0.2, 0) is 0 Å². The third kappa shape index (κ3) is 4.45. The Kier molecular flexibility index (Phi) is 5.65. The molecule has 0 heterocycles. The van der Waals surface area contributed by atoms with Gasteiger partial charge in [0.1, 0.15) is 5.75 Å². The fourth-order valence-electron chi connectivity index (χ4n) is 3.15. The van der Waals surface area contributed by atoms with Crippen LogP contribution in [0.1, 0.15) is 57.6 Å². The zero-order valence-corrected chi connectivity index (χ0v) is 13.6. The molecule has 2 rings (SSSR count). The van der Waals surface area contributed by atoms with E-state index in [0.29, 0.717) is 6.54 Å². The lowest BCUT2D eigenvalue weighted by atomic mass is 9.77. The molecular formula is C18H29NO2. The summed E-state index contributed by atoms with van der Waals surface area (Å²) in [5, 5.41) is 14.2. The van der Waals surface area contributed by atoms with E-state index in [2.05, 4.69) is 31.3 Å². The Morgan fingerprint density at radius 1 is 1.29 bits per heavy atom. The van der Waals surface area contributed by atoms with Gasteiger partial charge in [0.25, 0.3) is 0 Å². The Morgan fingerprint density at radius 3 is 2.43 bits per heavy atom. The second-order valence-corrected chi connectivity index (χ2v) is 6.45. The van der Waals surface area contributed by atoms with Crippen LogP contribution < -0.4 is 10.1 Å². The molecule has 2 N–H and O–H groups in total. The number of rotatable bonds is 6. The molecule has 0 bridgehead atoms. The largest absolute Gasteiger partial charge is 0.497 e. The summed E-state index contributed by atoms with van der Waals surface area (Å²) in [4.78, 5) is 0. The highest BCUT2D eigenvalue weighted by atomic mass is 16.5. The van der Waals surface area contributed by atoms with Gasteiger partial charge in [-0.2, -0.15) is 0 Å². The van der Waals surface area contributed by atoms with Crippen LogP contribution in [0.25, 0.3) is 0 Å². The maximum atomic E-state index is 10.7. The normalized spacial score (nSPS) is 27.3. The van der Waals surface area contributed by atoms with Gasteiger partial charge in [-0.25, -0.2) is 0 Å². The van der Waals surface area contributed by atoms with Gasteiger partial charge in [0.2, 0.25) is 0 Å². The second kappa shape index (κ2) is 7.28. The van der Waals surface area contributed by atoms with E-state index in [1.807, 2.05) is 12.1 Å². The molecule has 118 valence electrons. The van der Waals surface area contributed by atoms with E-state index >= 15 is 0 Å². The Morgan fingerprint density at radius 2 is 1.90 bits per heavy atom. The first-order valence-corrected chi connectivity index (χ1v) is 8.16. The Labute approximate surface area is 128 Å². The van der Waals surface area contributed by atoms with Crippen molar-refractivity contribution in [2.24, 2.45) is 5.92 Å². The third-order valence-corrected chi connectivity index (χ3v) is 4.97. The molecule has 1 fully saturated rings. The number of methoxy groups -OCH3 is 1. The number of benzene rings is 1. The van der Waals surface area contributed by atoms with Gasteiger partial charge in [-0.05, 0) is 56.2 Å². The average molecular weight is 291 g/mol. The van der Waals surface area contributed by atoms with Crippen LogP contribution in [-0.4, -0.2) is 24.4 Å². The summed E-state index contributed by atoms with van der Waals surface area (Å²) in [7, 11) is 1.68.